The quantitative estimate of drug-likeness (QED) is 0.715. The van der Waals surface area contributed by atoms with Crippen molar-refractivity contribution in [1.82, 2.24) is 0 Å². The van der Waals surface area contributed by atoms with Crippen molar-refractivity contribution in [1.29, 1.82) is 5.26 Å². The first kappa shape index (κ1) is 13.8. The number of nitrogens with zero attached hydrogens (tertiary/aromatic N) is 1. The topological polar surface area (TPSA) is 33.0 Å². The third-order valence-corrected chi connectivity index (χ3v) is 3.11. The van der Waals surface area contributed by atoms with Gasteiger partial charge in [0.25, 0.3) is 0 Å². The second kappa shape index (κ2) is 5.55. The highest BCUT2D eigenvalue weighted by Crippen LogP contribution is 2.34. The largest absolute Gasteiger partial charge is 0.456 e. The molecule has 2 rings (SSSR count). The SMILES string of the molecule is N#Cc1cc(F)cc(Oc2cc(F)c(Cl)cc2Br)c1. The maximum atomic E-state index is 13.3. The van der Waals surface area contributed by atoms with Crippen LogP contribution in [0, 0.1) is 23.0 Å². The Morgan fingerprint density at radius 1 is 1.16 bits per heavy atom. The summed E-state index contributed by atoms with van der Waals surface area (Å²) in [4.78, 5) is 0. The van der Waals surface area contributed by atoms with E-state index in [2.05, 4.69) is 15.9 Å². The standard InChI is InChI=1S/C13H5BrClF2NO/c14-10-4-11(15)12(17)5-13(10)19-9-2-7(6-18)1-8(16)3-9/h1-5H. The van der Waals surface area contributed by atoms with Gasteiger partial charge >= 0.3 is 0 Å². The molecule has 0 aliphatic rings. The monoisotopic (exact) mass is 343 g/mol. The van der Waals surface area contributed by atoms with Gasteiger partial charge in [-0.3, -0.25) is 0 Å². The Bertz CT molecular complexity index is 685. The average Bonchev–Trinajstić information content (AvgIpc) is 2.35. The minimum Gasteiger partial charge on any atom is -0.456 e. The molecule has 0 aliphatic carbocycles. The molecule has 0 saturated heterocycles. The highest BCUT2D eigenvalue weighted by atomic mass is 79.9. The lowest BCUT2D eigenvalue weighted by Gasteiger charge is -2.09. The molecule has 0 aromatic heterocycles. The lowest BCUT2D eigenvalue weighted by Crippen LogP contribution is -1.90. The van der Waals surface area contributed by atoms with Crippen molar-refractivity contribution in [2.24, 2.45) is 0 Å². The van der Waals surface area contributed by atoms with Gasteiger partial charge in [0, 0.05) is 12.1 Å². The van der Waals surface area contributed by atoms with E-state index in [1.165, 1.54) is 12.1 Å². The molecule has 0 heterocycles. The minimum absolute atomic E-state index is 0.0591. The maximum Gasteiger partial charge on any atom is 0.145 e. The van der Waals surface area contributed by atoms with Crippen LogP contribution in [0.5, 0.6) is 11.5 Å². The third kappa shape index (κ3) is 3.22. The summed E-state index contributed by atoms with van der Waals surface area (Å²) in [6.45, 7) is 0. The van der Waals surface area contributed by atoms with Crippen LogP contribution in [0.4, 0.5) is 8.78 Å². The molecule has 6 heteroatoms. The molecule has 0 saturated carbocycles. The zero-order valence-corrected chi connectivity index (χ0v) is 11.6. The summed E-state index contributed by atoms with van der Waals surface area (Å²) in [6.07, 6.45) is 0. The highest BCUT2D eigenvalue weighted by Gasteiger charge is 2.10. The van der Waals surface area contributed by atoms with Gasteiger partial charge in [0.1, 0.15) is 23.1 Å². The number of ether oxygens (including phenoxy) is 1. The molecular weight excluding hydrogens is 340 g/mol. The molecule has 0 spiro atoms. The normalized spacial score (nSPS) is 10.1. The Labute approximate surface area is 121 Å². The molecule has 2 aromatic carbocycles. The van der Waals surface area contributed by atoms with Crippen LogP contribution in [0.25, 0.3) is 0 Å². The molecule has 0 atom stereocenters. The molecule has 0 bridgehead atoms. The predicted molar refractivity (Wildman–Crippen MR) is 70.3 cm³/mol. The summed E-state index contributed by atoms with van der Waals surface area (Å²) in [7, 11) is 0. The fourth-order valence-electron chi connectivity index (χ4n) is 1.40. The summed E-state index contributed by atoms with van der Waals surface area (Å²) in [5.41, 5.74) is 0.112. The van der Waals surface area contributed by atoms with Crippen molar-refractivity contribution in [3.63, 3.8) is 0 Å². The molecule has 0 radical (unpaired) electrons. The number of nitriles is 1. The van der Waals surface area contributed by atoms with Crippen molar-refractivity contribution >= 4 is 27.5 Å². The van der Waals surface area contributed by atoms with Gasteiger partial charge in [-0.05, 0) is 34.1 Å². The molecule has 0 amide bonds. The first-order valence-electron chi connectivity index (χ1n) is 5.02. The molecule has 0 fully saturated rings. The van der Waals surface area contributed by atoms with E-state index >= 15 is 0 Å². The Kier molecular flexibility index (Phi) is 4.03. The molecule has 19 heavy (non-hydrogen) atoms. The smallest absolute Gasteiger partial charge is 0.145 e. The maximum absolute atomic E-state index is 13.3. The van der Waals surface area contributed by atoms with Gasteiger partial charge in [-0.15, -0.1) is 0 Å². The minimum atomic E-state index is -0.656. The fraction of sp³-hybridized carbons (Fsp3) is 0. The second-order valence-corrected chi connectivity index (χ2v) is 4.85. The summed E-state index contributed by atoms with van der Waals surface area (Å²) in [5, 5.41) is 8.67. The van der Waals surface area contributed by atoms with Crippen LogP contribution in [-0.2, 0) is 0 Å². The van der Waals surface area contributed by atoms with E-state index in [4.69, 9.17) is 21.6 Å². The Hall–Kier alpha value is -1.64. The Morgan fingerprint density at radius 3 is 2.58 bits per heavy atom. The van der Waals surface area contributed by atoms with Gasteiger partial charge in [-0.1, -0.05) is 11.6 Å². The van der Waals surface area contributed by atoms with Gasteiger partial charge < -0.3 is 4.74 Å². The van der Waals surface area contributed by atoms with Gasteiger partial charge in [0.2, 0.25) is 0 Å². The van der Waals surface area contributed by atoms with Gasteiger partial charge in [0.15, 0.2) is 0 Å². The van der Waals surface area contributed by atoms with Crippen LogP contribution in [0.2, 0.25) is 5.02 Å². The number of benzene rings is 2. The van der Waals surface area contributed by atoms with Crippen LogP contribution in [0.1, 0.15) is 5.56 Å². The number of halogens is 4. The molecule has 2 aromatic rings. The molecule has 0 unspecified atom stereocenters. The van der Waals surface area contributed by atoms with Crippen molar-refractivity contribution in [2.75, 3.05) is 0 Å². The first-order valence-corrected chi connectivity index (χ1v) is 6.20. The van der Waals surface area contributed by atoms with Crippen LogP contribution in [0.15, 0.2) is 34.8 Å². The zero-order chi connectivity index (χ0) is 14.0. The lowest BCUT2D eigenvalue weighted by atomic mass is 10.2. The van der Waals surface area contributed by atoms with E-state index in [1.807, 2.05) is 0 Å². The summed E-state index contributed by atoms with van der Waals surface area (Å²) >= 11 is 8.76. The zero-order valence-electron chi connectivity index (χ0n) is 9.25. The van der Waals surface area contributed by atoms with Crippen molar-refractivity contribution < 1.29 is 13.5 Å². The van der Waals surface area contributed by atoms with Gasteiger partial charge in [-0.25, -0.2) is 8.78 Å². The van der Waals surface area contributed by atoms with E-state index in [0.29, 0.717) is 4.47 Å². The van der Waals surface area contributed by atoms with E-state index in [1.54, 1.807) is 6.07 Å². The highest BCUT2D eigenvalue weighted by molar-refractivity contribution is 9.10. The van der Waals surface area contributed by atoms with E-state index in [0.717, 1.165) is 18.2 Å². The van der Waals surface area contributed by atoms with E-state index < -0.39 is 11.6 Å². The average molecular weight is 345 g/mol. The third-order valence-electron chi connectivity index (χ3n) is 2.20. The van der Waals surface area contributed by atoms with Crippen molar-refractivity contribution in [3.8, 4) is 17.6 Å². The Balaban J connectivity index is 2.39. The molecular formula is C13H5BrClF2NO. The van der Waals surface area contributed by atoms with Crippen molar-refractivity contribution in [2.45, 2.75) is 0 Å². The first-order chi connectivity index (χ1) is 8.99. The Morgan fingerprint density at radius 2 is 1.89 bits per heavy atom. The molecule has 0 aliphatic heterocycles. The fourth-order valence-corrected chi connectivity index (χ4v) is 2.12. The van der Waals surface area contributed by atoms with Crippen LogP contribution in [0.3, 0.4) is 0 Å². The summed E-state index contributed by atoms with van der Waals surface area (Å²) < 4.78 is 32.3. The van der Waals surface area contributed by atoms with Crippen LogP contribution < -0.4 is 4.74 Å². The van der Waals surface area contributed by atoms with Gasteiger partial charge in [-0.2, -0.15) is 5.26 Å². The predicted octanol–water partition coefficient (Wildman–Crippen LogP) is 5.04. The molecule has 2 nitrogen and oxygen atoms in total. The molecule has 96 valence electrons. The summed E-state index contributed by atoms with van der Waals surface area (Å²) in [5.74, 6) is -1.04. The van der Waals surface area contributed by atoms with Crippen LogP contribution >= 0.6 is 27.5 Å². The van der Waals surface area contributed by atoms with Crippen molar-refractivity contribution in [3.05, 3.63) is 57.0 Å². The van der Waals surface area contributed by atoms with E-state index in [-0.39, 0.29) is 22.1 Å². The number of hydrogen-bond acceptors (Lipinski definition) is 2. The van der Waals surface area contributed by atoms with Gasteiger partial charge in [0.05, 0.1) is 21.1 Å². The lowest BCUT2D eigenvalue weighted by molar-refractivity contribution is 0.468. The summed E-state index contributed by atoms with van der Waals surface area (Å²) in [6, 6.07) is 7.73. The number of hydrogen-bond donors (Lipinski definition) is 0. The van der Waals surface area contributed by atoms with Crippen LogP contribution in [-0.4, -0.2) is 0 Å². The van der Waals surface area contributed by atoms with E-state index in [9.17, 15) is 8.78 Å². The number of rotatable bonds is 2. The second-order valence-electron chi connectivity index (χ2n) is 3.59. The molecule has 0 N–H and O–H groups in total.